The number of carboxylic acid groups (broad SMARTS) is 1. The van der Waals surface area contributed by atoms with Gasteiger partial charge in [-0.1, -0.05) is 0 Å². The van der Waals surface area contributed by atoms with Crippen molar-refractivity contribution in [3.63, 3.8) is 0 Å². The van der Waals surface area contributed by atoms with Gasteiger partial charge in [0.25, 0.3) is 0 Å². The highest BCUT2D eigenvalue weighted by Crippen LogP contribution is 2.27. The van der Waals surface area contributed by atoms with Crippen molar-refractivity contribution in [3.05, 3.63) is 0 Å². The number of hydrogen-bond acceptors (Lipinski definition) is 4. The molecule has 0 aromatic carbocycles. The molecule has 0 amide bonds. The molecule has 0 radical (unpaired) electrons. The Morgan fingerprint density at radius 1 is 1.69 bits per heavy atom. The molecule has 13 heavy (non-hydrogen) atoms. The average Bonchev–Trinajstić information content (AvgIpc) is 2.45. The van der Waals surface area contributed by atoms with Crippen molar-refractivity contribution in [2.24, 2.45) is 0 Å². The van der Waals surface area contributed by atoms with Gasteiger partial charge in [0, 0.05) is 6.42 Å². The van der Waals surface area contributed by atoms with E-state index in [4.69, 9.17) is 19.7 Å². The van der Waals surface area contributed by atoms with Crippen LogP contribution in [0.5, 0.6) is 0 Å². The number of ether oxygens (including phenoxy) is 2. The third-order valence-corrected chi connectivity index (χ3v) is 1.99. The highest BCUT2D eigenvalue weighted by molar-refractivity contribution is 5.66. The van der Waals surface area contributed by atoms with Crippen LogP contribution in [-0.2, 0) is 14.3 Å². The standard InChI is InChI=1S/C8H14O5/c1-8(3-2-7(10)11)12-5-6(4-9)13-8/h6,9H,2-5H2,1H3,(H,10,11). The van der Waals surface area contributed by atoms with Crippen molar-refractivity contribution >= 4 is 5.97 Å². The van der Waals surface area contributed by atoms with Gasteiger partial charge >= 0.3 is 5.97 Å². The molecular weight excluding hydrogens is 176 g/mol. The van der Waals surface area contributed by atoms with Gasteiger partial charge in [-0.05, 0) is 6.92 Å². The molecule has 0 saturated carbocycles. The highest BCUT2D eigenvalue weighted by Gasteiger charge is 2.36. The van der Waals surface area contributed by atoms with Crippen molar-refractivity contribution in [2.75, 3.05) is 13.2 Å². The van der Waals surface area contributed by atoms with Gasteiger partial charge in [0.1, 0.15) is 6.10 Å². The van der Waals surface area contributed by atoms with Crippen LogP contribution in [0.25, 0.3) is 0 Å². The molecule has 5 heteroatoms. The molecule has 0 aliphatic carbocycles. The maximum Gasteiger partial charge on any atom is 0.303 e. The Morgan fingerprint density at radius 3 is 2.85 bits per heavy atom. The quantitative estimate of drug-likeness (QED) is 0.651. The molecule has 1 aliphatic heterocycles. The van der Waals surface area contributed by atoms with Gasteiger partial charge in [0.15, 0.2) is 5.79 Å². The van der Waals surface area contributed by atoms with E-state index in [9.17, 15) is 4.79 Å². The minimum absolute atomic E-state index is 0.00858. The highest BCUT2D eigenvalue weighted by atomic mass is 16.7. The number of aliphatic carboxylic acids is 1. The molecule has 1 fully saturated rings. The summed E-state index contributed by atoms with van der Waals surface area (Å²) in [6.45, 7) is 1.92. The third-order valence-electron chi connectivity index (χ3n) is 1.99. The van der Waals surface area contributed by atoms with E-state index >= 15 is 0 Å². The number of hydrogen-bond donors (Lipinski definition) is 2. The summed E-state index contributed by atoms with van der Waals surface area (Å²) in [6, 6.07) is 0. The second-order valence-corrected chi connectivity index (χ2v) is 3.26. The van der Waals surface area contributed by atoms with Gasteiger partial charge in [0.2, 0.25) is 0 Å². The maximum atomic E-state index is 10.3. The van der Waals surface area contributed by atoms with E-state index < -0.39 is 11.8 Å². The molecule has 76 valence electrons. The van der Waals surface area contributed by atoms with Gasteiger partial charge in [-0.25, -0.2) is 0 Å². The zero-order valence-electron chi connectivity index (χ0n) is 7.52. The Morgan fingerprint density at radius 2 is 2.38 bits per heavy atom. The summed E-state index contributed by atoms with van der Waals surface area (Å²) in [4.78, 5) is 10.3. The van der Waals surface area contributed by atoms with E-state index in [0.717, 1.165) is 0 Å². The lowest BCUT2D eigenvalue weighted by atomic mass is 10.2. The molecule has 0 aromatic heterocycles. The van der Waals surface area contributed by atoms with E-state index in [1.165, 1.54) is 0 Å². The summed E-state index contributed by atoms with van der Waals surface area (Å²) in [5.74, 6) is -1.72. The predicted molar refractivity (Wildman–Crippen MR) is 43.2 cm³/mol. The van der Waals surface area contributed by atoms with Gasteiger partial charge < -0.3 is 19.7 Å². The molecule has 1 aliphatic rings. The monoisotopic (exact) mass is 190 g/mol. The smallest absolute Gasteiger partial charge is 0.303 e. The van der Waals surface area contributed by atoms with Crippen LogP contribution in [0.15, 0.2) is 0 Å². The second-order valence-electron chi connectivity index (χ2n) is 3.26. The molecule has 2 unspecified atom stereocenters. The first-order valence-corrected chi connectivity index (χ1v) is 4.20. The minimum atomic E-state index is -0.874. The number of rotatable bonds is 4. The van der Waals surface area contributed by atoms with Gasteiger partial charge in [0.05, 0.1) is 19.6 Å². The average molecular weight is 190 g/mol. The van der Waals surface area contributed by atoms with E-state index in [-0.39, 0.29) is 19.1 Å². The molecule has 0 spiro atoms. The molecule has 1 heterocycles. The zero-order valence-corrected chi connectivity index (χ0v) is 7.52. The normalized spacial score (nSPS) is 33.5. The minimum Gasteiger partial charge on any atom is -0.481 e. The summed E-state index contributed by atoms with van der Waals surface area (Å²) in [6.07, 6.45) is -0.00758. The van der Waals surface area contributed by atoms with Crippen LogP contribution in [0, 0.1) is 0 Å². The van der Waals surface area contributed by atoms with Crippen molar-refractivity contribution in [1.82, 2.24) is 0 Å². The van der Waals surface area contributed by atoms with E-state index in [1.807, 2.05) is 0 Å². The summed E-state index contributed by atoms with van der Waals surface area (Å²) >= 11 is 0. The van der Waals surface area contributed by atoms with Crippen molar-refractivity contribution in [2.45, 2.75) is 31.7 Å². The summed E-state index contributed by atoms with van der Waals surface area (Å²) in [5, 5.41) is 17.2. The fourth-order valence-corrected chi connectivity index (χ4v) is 1.24. The van der Waals surface area contributed by atoms with Crippen LogP contribution >= 0.6 is 0 Å². The fraction of sp³-hybridized carbons (Fsp3) is 0.875. The first kappa shape index (κ1) is 10.4. The lowest BCUT2D eigenvalue weighted by Gasteiger charge is -2.21. The molecule has 5 nitrogen and oxygen atoms in total. The van der Waals surface area contributed by atoms with Crippen LogP contribution in [0.1, 0.15) is 19.8 Å². The van der Waals surface area contributed by atoms with Crippen LogP contribution in [0.3, 0.4) is 0 Å². The Bertz CT molecular complexity index is 193. The Hall–Kier alpha value is -0.650. The van der Waals surface area contributed by atoms with Crippen molar-refractivity contribution in [1.29, 1.82) is 0 Å². The van der Waals surface area contributed by atoms with E-state index in [0.29, 0.717) is 13.0 Å². The van der Waals surface area contributed by atoms with Gasteiger partial charge in [-0.15, -0.1) is 0 Å². The predicted octanol–water partition coefficient (Wildman–Crippen LogP) is -0.0249. The molecule has 0 bridgehead atoms. The first-order valence-electron chi connectivity index (χ1n) is 4.20. The molecule has 2 atom stereocenters. The molecular formula is C8H14O5. The number of aliphatic hydroxyl groups is 1. The lowest BCUT2D eigenvalue weighted by molar-refractivity contribution is -0.168. The van der Waals surface area contributed by atoms with Gasteiger partial charge in [-0.3, -0.25) is 4.79 Å². The zero-order chi connectivity index (χ0) is 9.90. The number of carbonyl (C=O) groups is 1. The topological polar surface area (TPSA) is 76.0 Å². The fourth-order valence-electron chi connectivity index (χ4n) is 1.24. The summed E-state index contributed by atoms with van der Waals surface area (Å²) in [5.41, 5.74) is 0. The maximum absolute atomic E-state index is 10.3. The third kappa shape index (κ3) is 2.95. The van der Waals surface area contributed by atoms with Crippen LogP contribution in [-0.4, -0.2) is 41.3 Å². The van der Waals surface area contributed by atoms with Gasteiger partial charge in [-0.2, -0.15) is 0 Å². The van der Waals surface area contributed by atoms with E-state index in [1.54, 1.807) is 6.92 Å². The molecule has 1 saturated heterocycles. The van der Waals surface area contributed by atoms with Crippen LogP contribution in [0.4, 0.5) is 0 Å². The van der Waals surface area contributed by atoms with Crippen LogP contribution < -0.4 is 0 Å². The summed E-state index contributed by atoms with van der Waals surface area (Å²) in [7, 11) is 0. The Balaban J connectivity index is 2.35. The molecule has 1 rings (SSSR count). The van der Waals surface area contributed by atoms with Crippen molar-refractivity contribution < 1.29 is 24.5 Å². The van der Waals surface area contributed by atoms with Crippen molar-refractivity contribution in [3.8, 4) is 0 Å². The first-order chi connectivity index (χ1) is 6.06. The SMILES string of the molecule is CC1(CCC(=O)O)OCC(CO)O1. The summed E-state index contributed by atoms with van der Waals surface area (Å²) < 4.78 is 10.6. The number of aliphatic hydroxyl groups excluding tert-OH is 1. The number of carboxylic acids is 1. The Labute approximate surface area is 76.3 Å². The lowest BCUT2D eigenvalue weighted by Crippen LogP contribution is -2.28. The Kier molecular flexibility index (Phi) is 3.24. The molecule has 2 N–H and O–H groups in total. The van der Waals surface area contributed by atoms with E-state index in [2.05, 4.69) is 0 Å². The second kappa shape index (κ2) is 4.04. The molecule has 0 aromatic rings. The van der Waals surface area contributed by atoms with Crippen LogP contribution in [0.2, 0.25) is 0 Å². The largest absolute Gasteiger partial charge is 0.481 e.